The van der Waals surface area contributed by atoms with Crippen LogP contribution in [0.3, 0.4) is 0 Å². The molecule has 12 heteroatoms. The molecule has 3 rings (SSSR count). The number of aliphatic hydroxyl groups is 1. The van der Waals surface area contributed by atoms with Gasteiger partial charge in [-0.05, 0) is 40.2 Å². The van der Waals surface area contributed by atoms with Crippen molar-refractivity contribution in [3.63, 3.8) is 0 Å². The first kappa shape index (κ1) is 25.0. The summed E-state index contributed by atoms with van der Waals surface area (Å²) in [6.07, 6.45) is 0. The normalized spacial score (nSPS) is 10.7. The van der Waals surface area contributed by atoms with Gasteiger partial charge in [0.15, 0.2) is 17.3 Å². The average molecular weight is 558 g/mol. The Balaban J connectivity index is 1.73. The fraction of sp³-hybridized carbons (Fsp3) is 0.190. The van der Waals surface area contributed by atoms with Crippen LogP contribution in [0.5, 0.6) is 11.5 Å². The van der Waals surface area contributed by atoms with Gasteiger partial charge in [0, 0.05) is 17.1 Å². The van der Waals surface area contributed by atoms with Crippen molar-refractivity contribution in [2.45, 2.75) is 13.2 Å². The summed E-state index contributed by atoms with van der Waals surface area (Å²) in [6.45, 7) is -0.0969. The lowest BCUT2D eigenvalue weighted by atomic mass is 10.2. The maximum Gasteiger partial charge on any atom is 0.272 e. The van der Waals surface area contributed by atoms with Gasteiger partial charge in [0.1, 0.15) is 22.8 Å². The zero-order chi connectivity index (χ0) is 24.0. The minimum Gasteiger partial charge on any atom is -0.453 e. The summed E-state index contributed by atoms with van der Waals surface area (Å²) in [6, 6.07) is 9.03. The number of amides is 1. The lowest BCUT2D eigenvalue weighted by Crippen LogP contribution is -2.24. The summed E-state index contributed by atoms with van der Waals surface area (Å²) in [5, 5.41) is 20.6. The van der Waals surface area contributed by atoms with E-state index in [1.54, 1.807) is 0 Å². The smallest absolute Gasteiger partial charge is 0.272 e. The molecule has 3 aromatic rings. The van der Waals surface area contributed by atoms with E-state index in [4.69, 9.17) is 43.0 Å². The zero-order valence-electron chi connectivity index (χ0n) is 16.8. The summed E-state index contributed by atoms with van der Waals surface area (Å²) in [5.41, 5.74) is 0.415. The van der Waals surface area contributed by atoms with Gasteiger partial charge >= 0.3 is 0 Å². The van der Waals surface area contributed by atoms with Crippen molar-refractivity contribution < 1.29 is 23.8 Å². The first-order chi connectivity index (χ1) is 15.8. The van der Waals surface area contributed by atoms with Crippen LogP contribution >= 0.6 is 39.1 Å². The molecular weight excluding hydrogens is 542 g/mol. The number of nitrogens with zero attached hydrogens (tertiary/aromatic N) is 2. The third kappa shape index (κ3) is 6.43. The fourth-order valence-corrected chi connectivity index (χ4v) is 3.62. The molecule has 1 aromatic heterocycles. The van der Waals surface area contributed by atoms with Crippen LogP contribution in [0.4, 0.5) is 4.39 Å². The lowest BCUT2D eigenvalue weighted by molar-refractivity contribution is 0.0778. The predicted octanol–water partition coefficient (Wildman–Crippen LogP) is 4.72. The number of ether oxygens (including phenoxy) is 2. The van der Waals surface area contributed by atoms with E-state index in [0.29, 0.717) is 10.4 Å². The number of carbonyl (C=O) groups excluding carboxylic acids is 1. The van der Waals surface area contributed by atoms with Crippen molar-refractivity contribution in [2.24, 2.45) is 0 Å². The first-order valence-corrected chi connectivity index (χ1v) is 10.9. The van der Waals surface area contributed by atoms with Crippen LogP contribution < -0.4 is 10.1 Å². The summed E-state index contributed by atoms with van der Waals surface area (Å²) in [4.78, 5) is 19.5. The molecule has 0 aliphatic carbocycles. The van der Waals surface area contributed by atoms with Crippen LogP contribution in [-0.2, 0) is 17.9 Å². The van der Waals surface area contributed by atoms with Crippen LogP contribution in [0.15, 0.2) is 34.9 Å². The van der Waals surface area contributed by atoms with E-state index in [1.807, 2.05) is 6.07 Å². The molecule has 33 heavy (non-hydrogen) atoms. The van der Waals surface area contributed by atoms with Gasteiger partial charge in [0.2, 0.25) is 0 Å². The molecule has 0 unspecified atom stereocenters. The number of aromatic amines is 1. The summed E-state index contributed by atoms with van der Waals surface area (Å²) < 4.78 is 26.1. The van der Waals surface area contributed by atoms with Crippen molar-refractivity contribution in [1.82, 2.24) is 15.3 Å². The molecule has 0 saturated heterocycles. The highest BCUT2D eigenvalue weighted by Crippen LogP contribution is 2.35. The largest absolute Gasteiger partial charge is 0.453 e. The number of imidazole rings is 1. The van der Waals surface area contributed by atoms with Crippen molar-refractivity contribution in [3.8, 4) is 17.6 Å². The Labute approximate surface area is 206 Å². The maximum absolute atomic E-state index is 15.1. The Hall–Kier alpha value is -2.68. The second-order valence-corrected chi connectivity index (χ2v) is 8.18. The molecule has 1 amide bonds. The molecule has 0 spiro atoms. The Bertz CT molecular complexity index is 1220. The minimum atomic E-state index is -0.777. The maximum atomic E-state index is 15.1. The number of halogens is 4. The van der Waals surface area contributed by atoms with Gasteiger partial charge in [-0.3, -0.25) is 4.79 Å². The number of nitriles is 1. The standard InChI is InChI=1S/C21H16BrCl2FN4O4/c22-20-18(28-16(29-20)10-32-4-3-30)21(31)27-9-12-1-2-15(24)19(17(12)25)33-14-6-11(8-26)5-13(23)7-14/h1-2,5-7,30H,3-4,9-10H2,(H,27,31)(H,28,29). The monoisotopic (exact) mass is 556 g/mol. The summed E-state index contributed by atoms with van der Waals surface area (Å²) in [7, 11) is 0. The highest BCUT2D eigenvalue weighted by atomic mass is 79.9. The van der Waals surface area contributed by atoms with Gasteiger partial charge in [-0.25, -0.2) is 9.37 Å². The van der Waals surface area contributed by atoms with Crippen molar-refractivity contribution in [2.75, 3.05) is 13.2 Å². The number of hydrogen-bond donors (Lipinski definition) is 3. The van der Waals surface area contributed by atoms with Crippen LogP contribution in [0.25, 0.3) is 0 Å². The van der Waals surface area contributed by atoms with E-state index < -0.39 is 11.7 Å². The quantitative estimate of drug-likeness (QED) is 0.327. The number of benzene rings is 2. The van der Waals surface area contributed by atoms with Gasteiger partial charge in [-0.2, -0.15) is 5.26 Å². The summed E-state index contributed by atoms with van der Waals surface area (Å²) in [5.74, 6) is -1.08. The highest BCUT2D eigenvalue weighted by molar-refractivity contribution is 9.10. The summed E-state index contributed by atoms with van der Waals surface area (Å²) >= 11 is 15.3. The number of rotatable bonds is 9. The molecule has 0 fully saturated rings. The van der Waals surface area contributed by atoms with Crippen molar-refractivity contribution >= 4 is 45.0 Å². The fourth-order valence-electron chi connectivity index (χ4n) is 2.72. The van der Waals surface area contributed by atoms with Crippen LogP contribution in [0.1, 0.15) is 27.4 Å². The lowest BCUT2D eigenvalue weighted by Gasteiger charge is -2.13. The van der Waals surface area contributed by atoms with Gasteiger partial charge in [0.25, 0.3) is 5.91 Å². The van der Waals surface area contributed by atoms with Gasteiger partial charge in [-0.1, -0.05) is 29.3 Å². The Morgan fingerprint density at radius 1 is 1.33 bits per heavy atom. The zero-order valence-corrected chi connectivity index (χ0v) is 19.9. The molecule has 3 N–H and O–H groups in total. The molecule has 2 aromatic carbocycles. The van der Waals surface area contributed by atoms with Crippen molar-refractivity contribution in [3.05, 3.63) is 73.4 Å². The van der Waals surface area contributed by atoms with E-state index in [0.717, 1.165) is 0 Å². The topological polar surface area (TPSA) is 120 Å². The minimum absolute atomic E-state index is 0.00336. The Kier molecular flexibility index (Phi) is 8.66. The molecular formula is C21H16BrCl2FN4O4. The van der Waals surface area contributed by atoms with Gasteiger partial charge in [-0.15, -0.1) is 0 Å². The highest BCUT2D eigenvalue weighted by Gasteiger charge is 2.19. The molecule has 172 valence electrons. The number of H-pyrrole nitrogens is 1. The van der Waals surface area contributed by atoms with Crippen LogP contribution in [0, 0.1) is 17.1 Å². The SMILES string of the molecule is N#Cc1cc(Cl)cc(Oc2c(Cl)ccc(CNC(=O)c3nc(COCCO)[nH]c3Br)c2F)c1. The number of carbonyl (C=O) groups is 1. The van der Waals surface area contributed by atoms with E-state index in [1.165, 1.54) is 30.3 Å². The number of nitrogens with one attached hydrogen (secondary N) is 2. The van der Waals surface area contributed by atoms with Gasteiger partial charge in [0.05, 0.1) is 29.9 Å². The molecule has 0 saturated carbocycles. The number of aliphatic hydroxyl groups excluding tert-OH is 1. The van der Waals surface area contributed by atoms with Crippen LogP contribution in [-0.4, -0.2) is 34.2 Å². The third-order valence-electron chi connectivity index (χ3n) is 4.19. The molecule has 0 atom stereocenters. The second kappa shape index (κ2) is 11.4. The Morgan fingerprint density at radius 3 is 2.85 bits per heavy atom. The molecule has 8 nitrogen and oxygen atoms in total. The van der Waals surface area contributed by atoms with Crippen LogP contribution in [0.2, 0.25) is 10.0 Å². The molecule has 0 aliphatic rings. The second-order valence-electron chi connectivity index (χ2n) is 6.54. The van der Waals surface area contributed by atoms with E-state index in [9.17, 15) is 4.79 Å². The average Bonchev–Trinajstić information content (AvgIpc) is 3.16. The first-order valence-electron chi connectivity index (χ1n) is 9.39. The van der Waals surface area contributed by atoms with E-state index in [-0.39, 0.29) is 64.7 Å². The molecule has 1 heterocycles. The number of aromatic nitrogens is 2. The molecule has 0 aliphatic heterocycles. The predicted molar refractivity (Wildman–Crippen MR) is 122 cm³/mol. The van der Waals surface area contributed by atoms with E-state index in [2.05, 4.69) is 31.2 Å². The molecule has 0 radical (unpaired) electrons. The Morgan fingerprint density at radius 2 is 2.12 bits per heavy atom. The van der Waals surface area contributed by atoms with Crippen molar-refractivity contribution in [1.29, 1.82) is 5.26 Å². The third-order valence-corrected chi connectivity index (χ3v) is 5.28. The number of hydrogen-bond acceptors (Lipinski definition) is 6. The van der Waals surface area contributed by atoms with Gasteiger partial charge < -0.3 is 24.9 Å². The molecule has 0 bridgehead atoms. The van der Waals surface area contributed by atoms with E-state index >= 15 is 4.39 Å².